The summed E-state index contributed by atoms with van der Waals surface area (Å²) >= 11 is 0.274. The Morgan fingerprint density at radius 3 is 1.33 bits per heavy atom. The van der Waals surface area contributed by atoms with Gasteiger partial charge in [0.2, 0.25) is 0 Å². The normalized spacial score (nSPS) is 10.3. The zero-order valence-electron chi connectivity index (χ0n) is 14.1. The van der Waals surface area contributed by atoms with Gasteiger partial charge in [-0.05, 0) is 0 Å². The standard InChI is InChI=1S/C18H20N2O2Se2/c1-19(2)17(21)13-9-5-7-11-15(13)23-24-16-12-8-6-10-14(16)18(22)20(3)4/h5-12H,1-4H3. The van der Waals surface area contributed by atoms with Crippen LogP contribution in [0.5, 0.6) is 0 Å². The third-order valence-electron chi connectivity index (χ3n) is 3.27. The average molecular weight is 454 g/mol. The molecule has 24 heavy (non-hydrogen) atoms. The summed E-state index contributed by atoms with van der Waals surface area (Å²) in [6.45, 7) is 0. The van der Waals surface area contributed by atoms with Gasteiger partial charge in [0.25, 0.3) is 0 Å². The molecule has 0 N–H and O–H groups in total. The first-order valence-electron chi connectivity index (χ1n) is 7.37. The van der Waals surface area contributed by atoms with E-state index < -0.39 is 0 Å². The van der Waals surface area contributed by atoms with E-state index in [0.29, 0.717) is 0 Å². The van der Waals surface area contributed by atoms with Crippen LogP contribution in [-0.4, -0.2) is 76.1 Å². The number of carbonyl (C=O) groups excluding carboxylic acids is 2. The third-order valence-corrected chi connectivity index (χ3v) is 10.5. The van der Waals surface area contributed by atoms with Crippen LogP contribution in [0.1, 0.15) is 20.7 Å². The molecule has 0 spiro atoms. The molecule has 0 saturated heterocycles. The Kier molecular flexibility index (Phi) is 6.64. The van der Waals surface area contributed by atoms with E-state index in [4.69, 9.17) is 0 Å². The van der Waals surface area contributed by atoms with Gasteiger partial charge in [0.05, 0.1) is 0 Å². The molecule has 0 aromatic heterocycles. The first-order valence-corrected chi connectivity index (χ1v) is 13.4. The molecule has 2 rings (SSSR count). The third kappa shape index (κ3) is 4.49. The topological polar surface area (TPSA) is 40.6 Å². The van der Waals surface area contributed by atoms with Gasteiger partial charge in [0.1, 0.15) is 0 Å². The molecule has 0 atom stereocenters. The van der Waals surface area contributed by atoms with Crippen LogP contribution in [0.3, 0.4) is 0 Å². The summed E-state index contributed by atoms with van der Waals surface area (Å²) in [5.74, 6) is 0.0573. The number of hydrogen-bond acceptors (Lipinski definition) is 2. The fourth-order valence-electron chi connectivity index (χ4n) is 2.00. The molecule has 4 nitrogen and oxygen atoms in total. The van der Waals surface area contributed by atoms with Gasteiger partial charge in [0, 0.05) is 0 Å². The summed E-state index contributed by atoms with van der Waals surface area (Å²) in [4.78, 5) is 27.9. The predicted octanol–water partition coefficient (Wildman–Crippen LogP) is 0.364. The molecule has 6 heteroatoms. The fourth-order valence-corrected chi connectivity index (χ4v) is 9.10. The Bertz CT molecular complexity index is 682. The van der Waals surface area contributed by atoms with E-state index in [1.807, 2.05) is 48.5 Å². The van der Waals surface area contributed by atoms with E-state index >= 15 is 0 Å². The van der Waals surface area contributed by atoms with Crippen LogP contribution < -0.4 is 8.92 Å². The average Bonchev–Trinajstić information content (AvgIpc) is 2.59. The Morgan fingerprint density at radius 2 is 1.00 bits per heavy atom. The first kappa shape index (κ1) is 18.8. The van der Waals surface area contributed by atoms with Crippen molar-refractivity contribution in [1.29, 1.82) is 0 Å². The van der Waals surface area contributed by atoms with Crippen LogP contribution in [0.15, 0.2) is 48.5 Å². The van der Waals surface area contributed by atoms with Gasteiger partial charge in [-0.3, -0.25) is 0 Å². The van der Waals surface area contributed by atoms with Crippen LogP contribution in [0, 0.1) is 0 Å². The number of amides is 2. The molecule has 0 saturated carbocycles. The quantitative estimate of drug-likeness (QED) is 0.613. The van der Waals surface area contributed by atoms with Crippen LogP contribution >= 0.6 is 0 Å². The summed E-state index contributed by atoms with van der Waals surface area (Å²) in [5.41, 5.74) is 1.53. The van der Waals surface area contributed by atoms with E-state index in [2.05, 4.69) is 0 Å². The molecule has 0 heterocycles. The predicted molar refractivity (Wildman–Crippen MR) is 99.7 cm³/mol. The zero-order chi connectivity index (χ0) is 17.7. The van der Waals surface area contributed by atoms with Crippen LogP contribution in [0.2, 0.25) is 0 Å². The Balaban J connectivity index is 2.24. The number of benzene rings is 2. The van der Waals surface area contributed by atoms with E-state index in [1.165, 1.54) is 0 Å². The van der Waals surface area contributed by atoms with Crippen molar-refractivity contribution >= 4 is 47.0 Å². The Morgan fingerprint density at radius 1 is 0.667 bits per heavy atom. The minimum atomic E-state index is 0.0286. The van der Waals surface area contributed by atoms with Crippen molar-refractivity contribution < 1.29 is 9.59 Å². The minimum absolute atomic E-state index is 0.0286. The Hall–Kier alpha value is -1.58. The van der Waals surface area contributed by atoms with Crippen LogP contribution in [0.4, 0.5) is 0 Å². The van der Waals surface area contributed by atoms with E-state index in [-0.39, 0.29) is 38.1 Å². The molecule has 0 aliphatic carbocycles. The van der Waals surface area contributed by atoms with Crippen molar-refractivity contribution in [2.45, 2.75) is 0 Å². The second-order valence-electron chi connectivity index (χ2n) is 5.56. The maximum atomic E-state index is 12.3. The van der Waals surface area contributed by atoms with Crippen molar-refractivity contribution in [2.24, 2.45) is 0 Å². The molecule has 2 aromatic carbocycles. The monoisotopic (exact) mass is 456 g/mol. The number of nitrogens with zero attached hydrogens (tertiary/aromatic N) is 2. The fraction of sp³-hybridized carbons (Fsp3) is 0.222. The summed E-state index contributed by atoms with van der Waals surface area (Å²) in [5, 5.41) is 0. The van der Waals surface area contributed by atoms with E-state index in [1.54, 1.807) is 38.0 Å². The van der Waals surface area contributed by atoms with Crippen molar-refractivity contribution in [3.05, 3.63) is 59.7 Å². The van der Waals surface area contributed by atoms with Gasteiger partial charge in [0.15, 0.2) is 0 Å². The molecule has 2 amide bonds. The zero-order valence-corrected chi connectivity index (χ0v) is 17.6. The molecular formula is C18H20N2O2Se2. The maximum absolute atomic E-state index is 12.3. The van der Waals surface area contributed by atoms with Crippen LogP contribution in [-0.2, 0) is 0 Å². The van der Waals surface area contributed by atoms with Gasteiger partial charge in [-0.25, -0.2) is 0 Å². The summed E-state index contributed by atoms with van der Waals surface area (Å²) in [6.07, 6.45) is 0. The van der Waals surface area contributed by atoms with Gasteiger partial charge in [-0.15, -0.1) is 0 Å². The van der Waals surface area contributed by atoms with Crippen molar-refractivity contribution in [1.82, 2.24) is 9.80 Å². The van der Waals surface area contributed by atoms with Gasteiger partial charge < -0.3 is 0 Å². The summed E-state index contributed by atoms with van der Waals surface area (Å²) in [7, 11) is 7.06. The SMILES string of the molecule is CN(C)C(=O)c1ccccc1[Se][Se]c1ccccc1C(=O)N(C)C. The second-order valence-corrected chi connectivity index (χ2v) is 11.7. The molecular weight excluding hydrogens is 434 g/mol. The molecule has 0 radical (unpaired) electrons. The van der Waals surface area contributed by atoms with Crippen molar-refractivity contribution in [3.8, 4) is 0 Å². The molecule has 126 valence electrons. The van der Waals surface area contributed by atoms with Gasteiger partial charge in [-0.1, -0.05) is 0 Å². The number of hydrogen-bond donors (Lipinski definition) is 0. The second kappa shape index (κ2) is 8.50. The van der Waals surface area contributed by atoms with Crippen molar-refractivity contribution in [2.75, 3.05) is 28.2 Å². The Labute approximate surface area is 154 Å². The van der Waals surface area contributed by atoms with E-state index in [0.717, 1.165) is 20.1 Å². The molecule has 0 aliphatic rings. The summed E-state index contributed by atoms with van der Waals surface area (Å²) < 4.78 is 2.19. The first-order chi connectivity index (χ1) is 11.4. The van der Waals surface area contributed by atoms with Crippen LogP contribution in [0.25, 0.3) is 0 Å². The molecule has 0 fully saturated rings. The van der Waals surface area contributed by atoms with Crippen molar-refractivity contribution in [3.63, 3.8) is 0 Å². The summed E-state index contributed by atoms with van der Waals surface area (Å²) in [6, 6.07) is 15.5. The van der Waals surface area contributed by atoms with Gasteiger partial charge >= 0.3 is 154 Å². The number of rotatable bonds is 5. The van der Waals surface area contributed by atoms with E-state index in [9.17, 15) is 9.59 Å². The molecule has 0 bridgehead atoms. The molecule has 0 aliphatic heterocycles. The number of carbonyl (C=O) groups is 2. The van der Waals surface area contributed by atoms with Gasteiger partial charge in [-0.2, -0.15) is 0 Å². The molecule has 2 aromatic rings. The molecule has 0 unspecified atom stereocenters.